The molecule has 0 saturated carbocycles. The average Bonchev–Trinajstić information content (AvgIpc) is 2.37. The molecule has 0 spiro atoms. The molecule has 1 aromatic rings. The van der Waals surface area contributed by atoms with E-state index in [2.05, 4.69) is 21.2 Å². The van der Waals surface area contributed by atoms with Crippen molar-refractivity contribution < 1.29 is 19.4 Å². The van der Waals surface area contributed by atoms with Gasteiger partial charge in [-0.2, -0.15) is 0 Å². The summed E-state index contributed by atoms with van der Waals surface area (Å²) in [5.41, 5.74) is 0.423. The number of methoxy groups -OCH3 is 1. The van der Waals surface area contributed by atoms with Crippen molar-refractivity contribution >= 4 is 27.8 Å². The van der Waals surface area contributed by atoms with Crippen molar-refractivity contribution in [3.05, 3.63) is 34.3 Å². The molecule has 1 unspecified atom stereocenters. The molecule has 0 aromatic heterocycles. The minimum Gasteiger partial charge on any atom is -0.480 e. The highest BCUT2D eigenvalue weighted by atomic mass is 79.9. The highest BCUT2D eigenvalue weighted by Crippen LogP contribution is 2.12. The first kappa shape index (κ1) is 15.7. The second kappa shape index (κ2) is 7.91. The van der Waals surface area contributed by atoms with Gasteiger partial charge in [-0.15, -0.1) is 0 Å². The number of nitrogens with one attached hydrogen (secondary N) is 1. The van der Waals surface area contributed by atoms with E-state index in [9.17, 15) is 9.59 Å². The van der Waals surface area contributed by atoms with E-state index >= 15 is 0 Å². The molecular formula is C13H16BrNO4. The quantitative estimate of drug-likeness (QED) is 0.751. The topological polar surface area (TPSA) is 75.6 Å². The van der Waals surface area contributed by atoms with Crippen LogP contribution in [-0.2, 0) is 9.53 Å². The summed E-state index contributed by atoms with van der Waals surface area (Å²) in [6.07, 6.45) is 0.912. The van der Waals surface area contributed by atoms with Crippen LogP contribution in [0.25, 0.3) is 0 Å². The molecule has 1 amide bonds. The third-order valence-corrected chi connectivity index (χ3v) is 3.02. The summed E-state index contributed by atoms with van der Waals surface area (Å²) < 4.78 is 5.64. The number of carbonyl (C=O) groups is 2. The lowest BCUT2D eigenvalue weighted by atomic mass is 10.1. The molecule has 0 fully saturated rings. The number of aliphatic carboxylic acids is 1. The van der Waals surface area contributed by atoms with Crippen molar-refractivity contribution in [3.63, 3.8) is 0 Å². The van der Waals surface area contributed by atoms with Crippen molar-refractivity contribution in [1.29, 1.82) is 0 Å². The lowest BCUT2D eigenvalue weighted by Gasteiger charge is -2.14. The van der Waals surface area contributed by atoms with Gasteiger partial charge in [0.25, 0.3) is 5.91 Å². The van der Waals surface area contributed by atoms with E-state index in [4.69, 9.17) is 9.84 Å². The number of carboxylic acids is 1. The fourth-order valence-corrected chi connectivity index (χ4v) is 1.96. The van der Waals surface area contributed by atoms with Gasteiger partial charge >= 0.3 is 5.97 Å². The number of hydrogen-bond donors (Lipinski definition) is 2. The van der Waals surface area contributed by atoms with Gasteiger partial charge in [-0.3, -0.25) is 4.79 Å². The van der Waals surface area contributed by atoms with E-state index in [1.54, 1.807) is 31.4 Å². The minimum atomic E-state index is -1.04. The summed E-state index contributed by atoms with van der Waals surface area (Å²) in [6, 6.07) is 5.89. The molecule has 0 bridgehead atoms. The van der Waals surface area contributed by atoms with Crippen LogP contribution in [0, 0.1) is 0 Å². The molecular weight excluding hydrogens is 314 g/mol. The van der Waals surface area contributed by atoms with Gasteiger partial charge in [0.15, 0.2) is 0 Å². The molecule has 0 heterocycles. The Bertz CT molecular complexity index is 450. The summed E-state index contributed by atoms with van der Waals surface area (Å²) in [5, 5.41) is 11.6. The molecule has 1 atom stereocenters. The van der Waals surface area contributed by atoms with E-state index in [1.165, 1.54) is 0 Å². The summed E-state index contributed by atoms with van der Waals surface area (Å²) in [4.78, 5) is 23.0. The Hall–Kier alpha value is -1.40. The first-order valence-electron chi connectivity index (χ1n) is 5.82. The fraction of sp³-hybridized carbons (Fsp3) is 0.385. The number of rotatable bonds is 7. The number of amides is 1. The Kier molecular flexibility index (Phi) is 6.52. The maximum atomic E-state index is 11.9. The molecule has 6 heteroatoms. The molecule has 0 saturated heterocycles. The molecule has 5 nitrogen and oxygen atoms in total. The maximum absolute atomic E-state index is 11.9. The smallest absolute Gasteiger partial charge is 0.326 e. The van der Waals surface area contributed by atoms with Crippen molar-refractivity contribution in [2.45, 2.75) is 18.9 Å². The number of halogens is 1. The van der Waals surface area contributed by atoms with E-state index in [0.717, 1.165) is 4.47 Å². The van der Waals surface area contributed by atoms with Gasteiger partial charge in [-0.1, -0.05) is 22.0 Å². The molecule has 0 radical (unpaired) electrons. The van der Waals surface area contributed by atoms with Crippen molar-refractivity contribution in [2.24, 2.45) is 0 Å². The van der Waals surface area contributed by atoms with Crippen molar-refractivity contribution in [2.75, 3.05) is 13.7 Å². The van der Waals surface area contributed by atoms with Crippen LogP contribution < -0.4 is 5.32 Å². The third kappa shape index (κ3) is 5.40. The third-order valence-electron chi connectivity index (χ3n) is 2.53. The predicted octanol–water partition coefficient (Wildman–Crippen LogP) is 2.06. The van der Waals surface area contributed by atoms with Crippen LogP contribution in [0.2, 0.25) is 0 Å². The Balaban J connectivity index is 2.63. The van der Waals surface area contributed by atoms with Crippen LogP contribution in [0.15, 0.2) is 28.7 Å². The summed E-state index contributed by atoms with van der Waals surface area (Å²) in [7, 11) is 1.55. The van der Waals surface area contributed by atoms with Gasteiger partial charge in [-0.25, -0.2) is 4.79 Å². The summed E-state index contributed by atoms with van der Waals surface area (Å²) >= 11 is 3.26. The Morgan fingerprint density at radius 3 is 2.79 bits per heavy atom. The second-order valence-electron chi connectivity index (χ2n) is 4.01. The molecule has 1 aromatic carbocycles. The zero-order valence-electron chi connectivity index (χ0n) is 10.6. The van der Waals surface area contributed by atoms with E-state index in [-0.39, 0.29) is 0 Å². The molecule has 19 heavy (non-hydrogen) atoms. The zero-order chi connectivity index (χ0) is 14.3. The fourth-order valence-electron chi connectivity index (χ4n) is 1.56. The predicted molar refractivity (Wildman–Crippen MR) is 74.1 cm³/mol. The van der Waals surface area contributed by atoms with Gasteiger partial charge in [0, 0.05) is 23.8 Å². The normalized spacial score (nSPS) is 11.9. The monoisotopic (exact) mass is 329 g/mol. The van der Waals surface area contributed by atoms with Crippen LogP contribution in [0.3, 0.4) is 0 Å². The molecule has 0 aliphatic heterocycles. The highest BCUT2D eigenvalue weighted by molar-refractivity contribution is 9.10. The van der Waals surface area contributed by atoms with Gasteiger partial charge in [-0.05, 0) is 31.0 Å². The second-order valence-corrected chi connectivity index (χ2v) is 4.93. The maximum Gasteiger partial charge on any atom is 0.326 e. The lowest BCUT2D eigenvalue weighted by Crippen LogP contribution is -2.40. The summed E-state index contributed by atoms with van der Waals surface area (Å²) in [6.45, 7) is 0.469. The standard InChI is InChI=1S/C13H16BrNO4/c1-19-7-3-6-11(13(17)18)15-12(16)9-4-2-5-10(14)8-9/h2,4-5,8,11H,3,6-7H2,1H3,(H,15,16)(H,17,18). The Morgan fingerprint density at radius 1 is 1.47 bits per heavy atom. The number of benzene rings is 1. The summed E-state index contributed by atoms with van der Waals surface area (Å²) in [5.74, 6) is -1.44. The molecule has 104 valence electrons. The average molecular weight is 330 g/mol. The van der Waals surface area contributed by atoms with Crippen molar-refractivity contribution in [3.8, 4) is 0 Å². The molecule has 0 aliphatic carbocycles. The van der Waals surface area contributed by atoms with Crippen LogP contribution >= 0.6 is 15.9 Å². The Morgan fingerprint density at radius 2 is 2.21 bits per heavy atom. The van der Waals surface area contributed by atoms with Crippen molar-refractivity contribution in [1.82, 2.24) is 5.32 Å². The molecule has 1 rings (SSSR count). The largest absolute Gasteiger partial charge is 0.480 e. The zero-order valence-corrected chi connectivity index (χ0v) is 12.1. The van der Waals surface area contributed by atoms with Gasteiger partial charge in [0.2, 0.25) is 0 Å². The SMILES string of the molecule is COCCCC(NC(=O)c1cccc(Br)c1)C(=O)O. The lowest BCUT2D eigenvalue weighted by molar-refractivity contribution is -0.139. The Labute approximate surface area is 120 Å². The van der Waals surface area contributed by atoms with E-state index in [0.29, 0.717) is 25.0 Å². The van der Waals surface area contributed by atoms with Gasteiger partial charge in [0.1, 0.15) is 6.04 Å². The molecule has 2 N–H and O–H groups in total. The van der Waals surface area contributed by atoms with E-state index < -0.39 is 17.9 Å². The number of ether oxygens (including phenoxy) is 1. The van der Waals surface area contributed by atoms with Crippen LogP contribution in [0.1, 0.15) is 23.2 Å². The van der Waals surface area contributed by atoms with Crippen LogP contribution in [-0.4, -0.2) is 36.7 Å². The number of carbonyl (C=O) groups excluding carboxylic acids is 1. The molecule has 0 aliphatic rings. The highest BCUT2D eigenvalue weighted by Gasteiger charge is 2.20. The van der Waals surface area contributed by atoms with E-state index in [1.807, 2.05) is 0 Å². The number of hydrogen-bond acceptors (Lipinski definition) is 3. The van der Waals surface area contributed by atoms with Gasteiger partial charge < -0.3 is 15.2 Å². The van der Waals surface area contributed by atoms with Gasteiger partial charge in [0.05, 0.1) is 0 Å². The first-order valence-corrected chi connectivity index (χ1v) is 6.62. The van der Waals surface area contributed by atoms with Crippen LogP contribution in [0.4, 0.5) is 0 Å². The van der Waals surface area contributed by atoms with Crippen LogP contribution in [0.5, 0.6) is 0 Å². The first-order chi connectivity index (χ1) is 9.04. The number of carboxylic acid groups (broad SMARTS) is 1. The minimum absolute atomic E-state index is 0.336.